The molecule has 0 saturated carbocycles. The highest BCUT2D eigenvalue weighted by Crippen LogP contribution is 2.22. The van der Waals surface area contributed by atoms with E-state index >= 15 is 0 Å². The van der Waals surface area contributed by atoms with Crippen LogP contribution >= 0.6 is 15.9 Å². The molecule has 0 aromatic heterocycles. The van der Waals surface area contributed by atoms with Gasteiger partial charge in [0.1, 0.15) is 12.4 Å². The highest BCUT2D eigenvalue weighted by molar-refractivity contribution is 9.10. The summed E-state index contributed by atoms with van der Waals surface area (Å²) < 4.78 is 12.1. The predicted molar refractivity (Wildman–Crippen MR) is 112 cm³/mol. The van der Waals surface area contributed by atoms with E-state index in [-0.39, 0.29) is 5.70 Å². The third kappa shape index (κ3) is 4.38. The molecule has 1 aliphatic rings. The zero-order valence-corrected chi connectivity index (χ0v) is 16.4. The van der Waals surface area contributed by atoms with Crippen LogP contribution in [0, 0.1) is 0 Å². The Balaban J connectivity index is 1.51. The first-order valence-corrected chi connectivity index (χ1v) is 9.52. The maximum absolute atomic E-state index is 12.2. The highest BCUT2D eigenvalue weighted by Gasteiger charge is 2.24. The van der Waals surface area contributed by atoms with Gasteiger partial charge in [0.25, 0.3) is 0 Å². The van der Waals surface area contributed by atoms with Crippen LogP contribution in [0.3, 0.4) is 0 Å². The standard InChI is InChI=1S/C23H16BrNO3/c24-19-11-9-18(10-12-19)22-25-21(23(26)28-22)14-17-7-4-8-20(13-17)27-15-16-5-2-1-3-6-16/h1-14H,15H2. The van der Waals surface area contributed by atoms with Crippen molar-refractivity contribution >= 4 is 33.9 Å². The average Bonchev–Trinajstić information content (AvgIpc) is 3.08. The normalized spacial score (nSPS) is 14.7. The van der Waals surface area contributed by atoms with Gasteiger partial charge in [-0.1, -0.05) is 58.4 Å². The molecule has 0 unspecified atom stereocenters. The fourth-order valence-corrected chi connectivity index (χ4v) is 2.98. The molecule has 28 heavy (non-hydrogen) atoms. The summed E-state index contributed by atoms with van der Waals surface area (Å²) in [7, 11) is 0. The topological polar surface area (TPSA) is 47.9 Å². The molecule has 4 rings (SSSR count). The first-order chi connectivity index (χ1) is 13.7. The number of halogens is 1. The van der Waals surface area contributed by atoms with Crippen molar-refractivity contribution in [1.82, 2.24) is 0 Å². The van der Waals surface area contributed by atoms with E-state index in [4.69, 9.17) is 9.47 Å². The minimum atomic E-state index is -0.464. The molecule has 0 radical (unpaired) electrons. The summed E-state index contributed by atoms with van der Waals surface area (Å²) in [5.41, 5.74) is 2.92. The lowest BCUT2D eigenvalue weighted by molar-refractivity contribution is -0.129. The summed E-state index contributed by atoms with van der Waals surface area (Å²) in [6, 6.07) is 24.9. The molecule has 138 valence electrons. The lowest BCUT2D eigenvalue weighted by Crippen LogP contribution is -2.05. The largest absolute Gasteiger partial charge is 0.489 e. The number of carbonyl (C=O) groups is 1. The second kappa shape index (κ2) is 8.23. The van der Waals surface area contributed by atoms with Crippen LogP contribution in [0.15, 0.2) is 94.0 Å². The summed E-state index contributed by atoms with van der Waals surface area (Å²) in [5.74, 6) is 0.565. The van der Waals surface area contributed by atoms with Crippen LogP contribution in [-0.2, 0) is 16.1 Å². The van der Waals surface area contributed by atoms with Gasteiger partial charge in [0.15, 0.2) is 5.70 Å². The van der Waals surface area contributed by atoms with Crippen molar-refractivity contribution in [2.75, 3.05) is 0 Å². The van der Waals surface area contributed by atoms with Crippen molar-refractivity contribution in [3.05, 3.63) is 106 Å². The zero-order valence-electron chi connectivity index (χ0n) is 14.8. The first-order valence-electron chi connectivity index (χ1n) is 8.73. The Bertz CT molecular complexity index is 1060. The Kier molecular flexibility index (Phi) is 5.35. The van der Waals surface area contributed by atoms with E-state index in [0.29, 0.717) is 12.5 Å². The third-order valence-corrected chi connectivity index (χ3v) is 4.65. The summed E-state index contributed by atoms with van der Waals surface area (Å²) in [6.45, 7) is 0.481. The van der Waals surface area contributed by atoms with Crippen LogP contribution in [0.1, 0.15) is 16.7 Å². The summed E-state index contributed by atoms with van der Waals surface area (Å²) in [5, 5.41) is 0. The maximum atomic E-state index is 12.2. The van der Waals surface area contributed by atoms with Crippen LogP contribution in [-0.4, -0.2) is 11.9 Å². The van der Waals surface area contributed by atoms with Crippen molar-refractivity contribution in [2.45, 2.75) is 6.61 Å². The van der Waals surface area contributed by atoms with Crippen molar-refractivity contribution < 1.29 is 14.3 Å². The summed E-state index contributed by atoms with van der Waals surface area (Å²) in [6.07, 6.45) is 1.70. The molecule has 5 heteroatoms. The number of aliphatic imine (C=N–C) groups is 1. The van der Waals surface area contributed by atoms with E-state index in [0.717, 1.165) is 26.9 Å². The highest BCUT2D eigenvalue weighted by atomic mass is 79.9. The van der Waals surface area contributed by atoms with Crippen molar-refractivity contribution in [3.63, 3.8) is 0 Å². The van der Waals surface area contributed by atoms with Gasteiger partial charge in [0.2, 0.25) is 5.90 Å². The average molecular weight is 434 g/mol. The van der Waals surface area contributed by atoms with E-state index < -0.39 is 5.97 Å². The minimum absolute atomic E-state index is 0.262. The van der Waals surface area contributed by atoms with Gasteiger partial charge in [0, 0.05) is 10.0 Å². The Morgan fingerprint density at radius 1 is 0.964 bits per heavy atom. The molecule has 3 aromatic rings. The number of ether oxygens (including phenoxy) is 2. The number of benzene rings is 3. The number of cyclic esters (lactones) is 1. The van der Waals surface area contributed by atoms with Crippen molar-refractivity contribution in [2.24, 2.45) is 4.99 Å². The number of rotatable bonds is 5. The van der Waals surface area contributed by atoms with Gasteiger partial charge < -0.3 is 9.47 Å². The van der Waals surface area contributed by atoms with E-state index in [9.17, 15) is 4.79 Å². The fourth-order valence-electron chi connectivity index (χ4n) is 2.72. The molecule has 3 aromatic carbocycles. The molecule has 0 atom stereocenters. The smallest absolute Gasteiger partial charge is 0.363 e. The molecule has 0 spiro atoms. The molecular formula is C23H16BrNO3. The van der Waals surface area contributed by atoms with Gasteiger partial charge in [-0.25, -0.2) is 9.79 Å². The van der Waals surface area contributed by atoms with Gasteiger partial charge in [0.05, 0.1) is 0 Å². The van der Waals surface area contributed by atoms with E-state index in [2.05, 4.69) is 20.9 Å². The zero-order chi connectivity index (χ0) is 19.3. The molecule has 0 N–H and O–H groups in total. The van der Waals surface area contributed by atoms with Crippen LogP contribution in [0.2, 0.25) is 0 Å². The molecule has 0 saturated heterocycles. The van der Waals surface area contributed by atoms with E-state index in [1.807, 2.05) is 78.9 Å². The fraction of sp³-hybridized carbons (Fsp3) is 0.0435. The first kappa shape index (κ1) is 18.2. The second-order valence-electron chi connectivity index (χ2n) is 6.19. The quantitative estimate of drug-likeness (QED) is 0.401. The summed E-state index contributed by atoms with van der Waals surface area (Å²) in [4.78, 5) is 16.5. The SMILES string of the molecule is O=C1OC(c2ccc(Br)cc2)=NC1=Cc1cccc(OCc2ccccc2)c1. The second-order valence-corrected chi connectivity index (χ2v) is 7.11. The molecule has 4 nitrogen and oxygen atoms in total. The monoisotopic (exact) mass is 433 g/mol. The lowest BCUT2D eigenvalue weighted by Gasteiger charge is -2.07. The Hall–Kier alpha value is -3.18. The molecule has 0 amide bonds. The van der Waals surface area contributed by atoms with Gasteiger partial charge in [-0.2, -0.15) is 0 Å². The number of esters is 1. The number of nitrogens with zero attached hydrogens (tertiary/aromatic N) is 1. The Morgan fingerprint density at radius 2 is 1.75 bits per heavy atom. The number of hydrogen-bond donors (Lipinski definition) is 0. The van der Waals surface area contributed by atoms with E-state index in [1.54, 1.807) is 6.08 Å². The van der Waals surface area contributed by atoms with Gasteiger partial charge in [-0.05, 0) is 53.6 Å². The molecule has 0 aliphatic carbocycles. The molecule has 0 bridgehead atoms. The third-order valence-electron chi connectivity index (χ3n) is 4.12. The summed E-state index contributed by atoms with van der Waals surface area (Å²) >= 11 is 3.39. The lowest BCUT2D eigenvalue weighted by atomic mass is 10.2. The molecule has 1 aliphatic heterocycles. The van der Waals surface area contributed by atoms with E-state index in [1.165, 1.54) is 0 Å². The Morgan fingerprint density at radius 3 is 2.54 bits per heavy atom. The Labute approximate surface area is 171 Å². The van der Waals surface area contributed by atoms with Crippen LogP contribution in [0.25, 0.3) is 6.08 Å². The molecule has 1 heterocycles. The minimum Gasteiger partial charge on any atom is -0.489 e. The van der Waals surface area contributed by atoms with Crippen LogP contribution in [0.5, 0.6) is 5.75 Å². The predicted octanol–water partition coefficient (Wildman–Crippen LogP) is 5.37. The molecular weight excluding hydrogens is 418 g/mol. The molecule has 0 fully saturated rings. The van der Waals surface area contributed by atoms with Crippen molar-refractivity contribution in [1.29, 1.82) is 0 Å². The maximum Gasteiger partial charge on any atom is 0.363 e. The number of hydrogen-bond acceptors (Lipinski definition) is 4. The van der Waals surface area contributed by atoms with Gasteiger partial charge in [-0.15, -0.1) is 0 Å². The van der Waals surface area contributed by atoms with Gasteiger partial charge >= 0.3 is 5.97 Å². The van der Waals surface area contributed by atoms with Crippen LogP contribution < -0.4 is 4.74 Å². The van der Waals surface area contributed by atoms with Gasteiger partial charge in [-0.3, -0.25) is 0 Å². The van der Waals surface area contributed by atoms with Crippen LogP contribution in [0.4, 0.5) is 0 Å². The number of carbonyl (C=O) groups excluding carboxylic acids is 1. The van der Waals surface area contributed by atoms with Crippen molar-refractivity contribution in [3.8, 4) is 5.75 Å².